The van der Waals surface area contributed by atoms with Crippen LogP contribution in [0.3, 0.4) is 0 Å². The Bertz CT molecular complexity index is 657. The summed E-state index contributed by atoms with van der Waals surface area (Å²) in [5.41, 5.74) is 3.42. The van der Waals surface area contributed by atoms with Crippen molar-refractivity contribution in [2.24, 2.45) is 7.05 Å². The van der Waals surface area contributed by atoms with Gasteiger partial charge in [0.05, 0.1) is 0 Å². The third-order valence-electron chi connectivity index (χ3n) is 3.32. The SMILES string of the molecule is Cc1c(CNc2ccc(OC(F)F)cc2)cc(C#N)n1C. The normalized spacial score (nSPS) is 10.5. The van der Waals surface area contributed by atoms with Gasteiger partial charge >= 0.3 is 6.61 Å². The van der Waals surface area contributed by atoms with E-state index in [0.717, 1.165) is 16.9 Å². The van der Waals surface area contributed by atoms with E-state index in [2.05, 4.69) is 16.1 Å². The van der Waals surface area contributed by atoms with Gasteiger partial charge in [0.2, 0.25) is 0 Å². The summed E-state index contributed by atoms with van der Waals surface area (Å²) >= 11 is 0. The molecule has 1 heterocycles. The number of hydrogen-bond acceptors (Lipinski definition) is 3. The second-order valence-electron chi connectivity index (χ2n) is 4.57. The molecule has 0 aliphatic carbocycles. The van der Waals surface area contributed by atoms with Crippen LogP contribution in [0.1, 0.15) is 17.0 Å². The van der Waals surface area contributed by atoms with Gasteiger partial charge in [-0.15, -0.1) is 0 Å². The summed E-state index contributed by atoms with van der Waals surface area (Å²) in [5, 5.41) is 12.2. The van der Waals surface area contributed by atoms with Crippen molar-refractivity contribution in [3.05, 3.63) is 47.3 Å². The molecule has 0 aliphatic rings. The number of halogens is 2. The quantitative estimate of drug-likeness (QED) is 0.918. The van der Waals surface area contributed by atoms with Gasteiger partial charge in [0.25, 0.3) is 0 Å². The Hall–Kier alpha value is -2.55. The van der Waals surface area contributed by atoms with Crippen LogP contribution in [0.25, 0.3) is 0 Å². The van der Waals surface area contributed by atoms with Gasteiger partial charge in [-0.05, 0) is 42.8 Å². The zero-order chi connectivity index (χ0) is 15.4. The summed E-state index contributed by atoms with van der Waals surface area (Å²) in [5.74, 6) is 0.123. The lowest BCUT2D eigenvalue weighted by Gasteiger charge is -2.08. The number of alkyl halides is 2. The largest absolute Gasteiger partial charge is 0.435 e. The number of nitrogens with one attached hydrogen (secondary N) is 1. The molecule has 1 aromatic carbocycles. The number of nitriles is 1. The van der Waals surface area contributed by atoms with Crippen LogP contribution in [0.2, 0.25) is 0 Å². The lowest BCUT2D eigenvalue weighted by Crippen LogP contribution is -2.03. The Balaban J connectivity index is 2.02. The summed E-state index contributed by atoms with van der Waals surface area (Å²) in [7, 11) is 1.84. The summed E-state index contributed by atoms with van der Waals surface area (Å²) in [6, 6.07) is 10.3. The molecule has 0 radical (unpaired) electrons. The summed E-state index contributed by atoms with van der Waals surface area (Å²) < 4.78 is 30.2. The van der Waals surface area contributed by atoms with Gasteiger partial charge in [-0.1, -0.05) is 0 Å². The molecule has 0 amide bonds. The van der Waals surface area contributed by atoms with E-state index in [1.54, 1.807) is 12.1 Å². The molecule has 0 spiro atoms. The molecular weight excluding hydrogens is 276 g/mol. The first-order valence-electron chi connectivity index (χ1n) is 6.35. The molecule has 4 nitrogen and oxygen atoms in total. The second kappa shape index (κ2) is 6.27. The molecule has 0 unspecified atom stereocenters. The number of ether oxygens (including phenoxy) is 1. The van der Waals surface area contributed by atoms with Gasteiger partial charge in [-0.3, -0.25) is 0 Å². The monoisotopic (exact) mass is 291 g/mol. The first-order chi connectivity index (χ1) is 10.0. The molecule has 1 aromatic heterocycles. The number of rotatable bonds is 5. The Morgan fingerprint density at radius 3 is 2.52 bits per heavy atom. The average molecular weight is 291 g/mol. The van der Waals surface area contributed by atoms with Crippen molar-refractivity contribution >= 4 is 5.69 Å². The topological polar surface area (TPSA) is 50.0 Å². The maximum absolute atomic E-state index is 12.0. The molecule has 0 saturated carbocycles. The van der Waals surface area contributed by atoms with E-state index >= 15 is 0 Å². The van der Waals surface area contributed by atoms with Crippen LogP contribution in [-0.4, -0.2) is 11.2 Å². The summed E-state index contributed by atoms with van der Waals surface area (Å²) in [6.07, 6.45) is 0. The third kappa shape index (κ3) is 3.51. The molecule has 1 N–H and O–H groups in total. The predicted octanol–water partition coefficient (Wildman–Crippen LogP) is 3.42. The number of nitrogens with zero attached hydrogens (tertiary/aromatic N) is 2. The Morgan fingerprint density at radius 1 is 1.33 bits per heavy atom. The van der Waals surface area contributed by atoms with Gasteiger partial charge in [-0.25, -0.2) is 0 Å². The van der Waals surface area contributed by atoms with Crippen LogP contribution >= 0.6 is 0 Å². The van der Waals surface area contributed by atoms with Crippen molar-refractivity contribution in [2.45, 2.75) is 20.1 Å². The molecule has 0 saturated heterocycles. The van der Waals surface area contributed by atoms with E-state index < -0.39 is 6.61 Å². The van der Waals surface area contributed by atoms with Gasteiger partial charge in [-0.2, -0.15) is 14.0 Å². The molecular formula is C15H15F2N3O. The van der Waals surface area contributed by atoms with Gasteiger partial charge < -0.3 is 14.6 Å². The van der Waals surface area contributed by atoms with Gasteiger partial charge in [0.1, 0.15) is 17.5 Å². The zero-order valence-corrected chi connectivity index (χ0v) is 11.7. The van der Waals surface area contributed by atoms with Crippen molar-refractivity contribution < 1.29 is 13.5 Å². The molecule has 110 valence electrons. The highest BCUT2D eigenvalue weighted by Gasteiger charge is 2.08. The molecule has 0 bridgehead atoms. The van der Waals surface area contributed by atoms with Crippen molar-refractivity contribution in [3.8, 4) is 11.8 Å². The Kier molecular flexibility index (Phi) is 4.43. The molecule has 0 fully saturated rings. The van der Waals surface area contributed by atoms with E-state index in [1.165, 1.54) is 12.1 Å². The number of aromatic nitrogens is 1. The summed E-state index contributed by atoms with van der Waals surface area (Å²) in [6.45, 7) is -0.325. The predicted molar refractivity (Wildman–Crippen MR) is 75.3 cm³/mol. The number of anilines is 1. The van der Waals surface area contributed by atoms with Crippen LogP contribution in [0, 0.1) is 18.3 Å². The fourth-order valence-corrected chi connectivity index (χ4v) is 2.00. The van der Waals surface area contributed by atoms with E-state index in [0.29, 0.717) is 12.2 Å². The third-order valence-corrected chi connectivity index (χ3v) is 3.32. The maximum atomic E-state index is 12.0. The van der Waals surface area contributed by atoms with Crippen LogP contribution < -0.4 is 10.1 Å². The van der Waals surface area contributed by atoms with Crippen LogP contribution in [0.15, 0.2) is 30.3 Å². The fourth-order valence-electron chi connectivity index (χ4n) is 2.00. The van der Waals surface area contributed by atoms with Crippen LogP contribution in [0.4, 0.5) is 14.5 Å². The molecule has 0 aliphatic heterocycles. The van der Waals surface area contributed by atoms with Crippen molar-refractivity contribution in [1.82, 2.24) is 4.57 Å². The van der Waals surface area contributed by atoms with Crippen molar-refractivity contribution in [1.29, 1.82) is 5.26 Å². The van der Waals surface area contributed by atoms with E-state index in [9.17, 15) is 8.78 Å². The molecule has 6 heteroatoms. The standard InChI is InChI=1S/C15H15F2N3O/c1-10-11(7-13(8-18)20(10)2)9-19-12-3-5-14(6-4-12)21-15(16)17/h3-7,15,19H,9H2,1-2H3. The number of hydrogen-bond donors (Lipinski definition) is 1. The van der Waals surface area contributed by atoms with E-state index in [4.69, 9.17) is 5.26 Å². The van der Waals surface area contributed by atoms with Crippen LogP contribution in [0.5, 0.6) is 5.75 Å². The minimum Gasteiger partial charge on any atom is -0.435 e. The molecule has 2 rings (SSSR count). The van der Waals surface area contributed by atoms with E-state index in [1.807, 2.05) is 24.6 Å². The van der Waals surface area contributed by atoms with Crippen molar-refractivity contribution in [3.63, 3.8) is 0 Å². The minimum absolute atomic E-state index is 0.123. The zero-order valence-electron chi connectivity index (χ0n) is 11.7. The van der Waals surface area contributed by atoms with E-state index in [-0.39, 0.29) is 5.75 Å². The second-order valence-corrected chi connectivity index (χ2v) is 4.57. The highest BCUT2D eigenvalue weighted by atomic mass is 19.3. The lowest BCUT2D eigenvalue weighted by molar-refractivity contribution is -0.0498. The van der Waals surface area contributed by atoms with Gasteiger partial charge in [0, 0.05) is 25.0 Å². The number of benzene rings is 1. The fraction of sp³-hybridized carbons (Fsp3) is 0.267. The highest BCUT2D eigenvalue weighted by molar-refractivity contribution is 5.47. The molecule has 0 atom stereocenters. The Morgan fingerprint density at radius 2 is 2.00 bits per heavy atom. The Labute approximate surface area is 121 Å². The first-order valence-corrected chi connectivity index (χ1v) is 6.35. The average Bonchev–Trinajstić information content (AvgIpc) is 2.73. The first kappa shape index (κ1) is 14.9. The summed E-state index contributed by atoms with van der Waals surface area (Å²) in [4.78, 5) is 0. The lowest BCUT2D eigenvalue weighted by atomic mass is 10.2. The molecule has 2 aromatic rings. The van der Waals surface area contributed by atoms with Gasteiger partial charge in [0.15, 0.2) is 0 Å². The molecule has 21 heavy (non-hydrogen) atoms. The highest BCUT2D eigenvalue weighted by Crippen LogP contribution is 2.19. The minimum atomic E-state index is -2.82. The maximum Gasteiger partial charge on any atom is 0.387 e. The van der Waals surface area contributed by atoms with Crippen molar-refractivity contribution in [2.75, 3.05) is 5.32 Å². The van der Waals surface area contributed by atoms with Crippen LogP contribution in [-0.2, 0) is 13.6 Å². The smallest absolute Gasteiger partial charge is 0.387 e.